The summed E-state index contributed by atoms with van der Waals surface area (Å²) in [5.74, 6) is -0.757. The minimum absolute atomic E-state index is 0.0982. The molecule has 1 heterocycles. The lowest BCUT2D eigenvalue weighted by Crippen LogP contribution is -2.41. The third kappa shape index (κ3) is 2.40. The number of hydrogen-bond donors (Lipinski definition) is 1. The molecule has 0 atom stereocenters. The van der Waals surface area contributed by atoms with E-state index in [4.69, 9.17) is 15.0 Å². The summed E-state index contributed by atoms with van der Waals surface area (Å²) in [5, 5.41) is 3.72. The number of halogens is 2. The first kappa shape index (κ1) is 14.0. The highest BCUT2D eigenvalue weighted by molar-refractivity contribution is 5.76. The molecular formula is C15H16F2N2O2. The number of rotatable bonds is 4. The molecule has 6 heteroatoms. The lowest BCUT2D eigenvalue weighted by molar-refractivity contribution is -0.0742. The SMILES string of the molecule is COC1(Cc2onc(N)c2-c2ccc(F)cc2F)CCC1. The average molecular weight is 294 g/mol. The van der Waals surface area contributed by atoms with Crippen molar-refractivity contribution >= 4 is 5.82 Å². The molecule has 2 N–H and O–H groups in total. The highest BCUT2D eigenvalue weighted by atomic mass is 19.1. The molecule has 0 aliphatic heterocycles. The van der Waals surface area contributed by atoms with Crippen LogP contribution in [0.1, 0.15) is 25.0 Å². The van der Waals surface area contributed by atoms with Gasteiger partial charge in [-0.2, -0.15) is 0 Å². The fraction of sp³-hybridized carbons (Fsp3) is 0.400. The maximum absolute atomic E-state index is 14.0. The van der Waals surface area contributed by atoms with Crippen LogP contribution in [-0.4, -0.2) is 17.9 Å². The maximum atomic E-state index is 14.0. The third-order valence-electron chi connectivity index (χ3n) is 4.17. The van der Waals surface area contributed by atoms with Gasteiger partial charge in [-0.1, -0.05) is 5.16 Å². The quantitative estimate of drug-likeness (QED) is 0.939. The molecule has 4 nitrogen and oxygen atoms in total. The van der Waals surface area contributed by atoms with Crippen molar-refractivity contribution in [2.45, 2.75) is 31.3 Å². The maximum Gasteiger partial charge on any atom is 0.175 e. The molecule has 0 unspecified atom stereocenters. The molecule has 21 heavy (non-hydrogen) atoms. The fourth-order valence-electron chi connectivity index (χ4n) is 2.76. The van der Waals surface area contributed by atoms with Gasteiger partial charge in [-0.25, -0.2) is 8.78 Å². The van der Waals surface area contributed by atoms with E-state index in [2.05, 4.69) is 5.16 Å². The molecular weight excluding hydrogens is 278 g/mol. The number of nitrogens with two attached hydrogens (primary N) is 1. The lowest BCUT2D eigenvalue weighted by Gasteiger charge is -2.39. The Hall–Kier alpha value is -1.95. The molecule has 1 aromatic carbocycles. The largest absolute Gasteiger partial charge is 0.380 e. The van der Waals surface area contributed by atoms with Crippen molar-refractivity contribution in [1.29, 1.82) is 0 Å². The molecule has 0 radical (unpaired) electrons. The number of nitrogen functional groups attached to an aromatic ring is 1. The molecule has 112 valence electrons. The normalized spacial score (nSPS) is 16.7. The Labute approximate surface area is 120 Å². The van der Waals surface area contributed by atoms with Crippen LogP contribution < -0.4 is 5.73 Å². The number of benzene rings is 1. The van der Waals surface area contributed by atoms with Gasteiger partial charge in [0.25, 0.3) is 0 Å². The second-order valence-corrected chi connectivity index (χ2v) is 5.41. The summed E-state index contributed by atoms with van der Waals surface area (Å²) >= 11 is 0. The van der Waals surface area contributed by atoms with E-state index >= 15 is 0 Å². The van der Waals surface area contributed by atoms with E-state index in [-0.39, 0.29) is 17.0 Å². The molecule has 0 spiro atoms. The van der Waals surface area contributed by atoms with Gasteiger partial charge in [0.2, 0.25) is 0 Å². The van der Waals surface area contributed by atoms with Gasteiger partial charge >= 0.3 is 0 Å². The van der Waals surface area contributed by atoms with E-state index in [0.717, 1.165) is 25.3 Å². The summed E-state index contributed by atoms with van der Waals surface area (Å²) in [6.07, 6.45) is 3.38. The number of ether oxygens (including phenoxy) is 1. The zero-order valence-corrected chi connectivity index (χ0v) is 11.7. The van der Waals surface area contributed by atoms with Gasteiger partial charge in [0, 0.05) is 25.2 Å². The Morgan fingerprint density at radius 3 is 2.71 bits per heavy atom. The van der Waals surface area contributed by atoms with Gasteiger partial charge in [0.15, 0.2) is 5.82 Å². The van der Waals surface area contributed by atoms with Crippen molar-refractivity contribution in [1.82, 2.24) is 5.16 Å². The first-order chi connectivity index (χ1) is 10.0. The predicted octanol–water partition coefficient (Wildman–Crippen LogP) is 3.31. The molecule has 1 aliphatic rings. The summed E-state index contributed by atoms with van der Waals surface area (Å²) in [6.45, 7) is 0. The highest BCUT2D eigenvalue weighted by Gasteiger charge is 2.39. The first-order valence-electron chi connectivity index (χ1n) is 6.79. The molecule has 1 fully saturated rings. The van der Waals surface area contributed by atoms with Crippen LogP contribution in [0.5, 0.6) is 0 Å². The number of methoxy groups -OCH3 is 1. The predicted molar refractivity (Wildman–Crippen MR) is 73.6 cm³/mol. The Kier molecular flexibility index (Phi) is 3.41. The Bertz CT molecular complexity index is 660. The van der Waals surface area contributed by atoms with Gasteiger partial charge in [-0.15, -0.1) is 0 Å². The molecule has 3 rings (SSSR count). The fourth-order valence-corrected chi connectivity index (χ4v) is 2.76. The molecule has 0 saturated heterocycles. The van der Waals surface area contributed by atoms with Crippen LogP contribution in [0.3, 0.4) is 0 Å². The summed E-state index contributed by atoms with van der Waals surface area (Å²) < 4.78 is 37.8. The van der Waals surface area contributed by atoms with Crippen LogP contribution in [0.4, 0.5) is 14.6 Å². The molecule has 1 aliphatic carbocycles. The summed E-state index contributed by atoms with van der Waals surface area (Å²) in [5.41, 5.74) is 6.08. The van der Waals surface area contributed by atoms with Crippen molar-refractivity contribution in [2.75, 3.05) is 12.8 Å². The van der Waals surface area contributed by atoms with Crippen LogP contribution in [0.2, 0.25) is 0 Å². The van der Waals surface area contributed by atoms with Crippen LogP contribution >= 0.6 is 0 Å². The summed E-state index contributed by atoms with van der Waals surface area (Å²) in [7, 11) is 1.65. The second-order valence-electron chi connectivity index (χ2n) is 5.41. The molecule has 0 bridgehead atoms. The van der Waals surface area contributed by atoms with Crippen LogP contribution in [0, 0.1) is 11.6 Å². The van der Waals surface area contributed by atoms with E-state index in [1.165, 1.54) is 12.1 Å². The molecule has 0 amide bonds. The van der Waals surface area contributed by atoms with Crippen molar-refractivity contribution in [2.24, 2.45) is 0 Å². The van der Waals surface area contributed by atoms with Gasteiger partial charge < -0.3 is 15.0 Å². The standard InChI is InChI=1S/C15H16F2N2O2/c1-20-15(5-2-6-15)8-12-13(14(18)19-21-12)10-4-3-9(16)7-11(10)17/h3-4,7H,2,5-6,8H2,1H3,(H2,18,19). The first-order valence-corrected chi connectivity index (χ1v) is 6.79. The number of aromatic nitrogens is 1. The Balaban J connectivity index is 2.01. The van der Waals surface area contributed by atoms with Gasteiger partial charge in [0.05, 0.1) is 11.2 Å². The van der Waals surface area contributed by atoms with E-state index in [1.807, 2.05) is 0 Å². The van der Waals surface area contributed by atoms with Crippen LogP contribution in [0.25, 0.3) is 11.1 Å². The monoisotopic (exact) mass is 294 g/mol. The lowest BCUT2D eigenvalue weighted by atomic mass is 9.76. The van der Waals surface area contributed by atoms with Crippen molar-refractivity contribution in [3.63, 3.8) is 0 Å². The average Bonchev–Trinajstić information content (AvgIpc) is 2.75. The second kappa shape index (κ2) is 5.11. The molecule has 1 aromatic heterocycles. The molecule has 2 aromatic rings. The van der Waals surface area contributed by atoms with E-state index in [9.17, 15) is 8.78 Å². The zero-order valence-electron chi connectivity index (χ0n) is 11.7. The van der Waals surface area contributed by atoms with Gasteiger partial charge in [-0.05, 0) is 31.4 Å². The van der Waals surface area contributed by atoms with Crippen LogP contribution in [-0.2, 0) is 11.2 Å². The minimum Gasteiger partial charge on any atom is -0.380 e. The molecule has 1 saturated carbocycles. The van der Waals surface area contributed by atoms with E-state index in [0.29, 0.717) is 17.7 Å². The van der Waals surface area contributed by atoms with E-state index in [1.54, 1.807) is 7.11 Å². The number of hydrogen-bond acceptors (Lipinski definition) is 4. The third-order valence-corrected chi connectivity index (χ3v) is 4.17. The smallest absolute Gasteiger partial charge is 0.175 e. The summed E-state index contributed by atoms with van der Waals surface area (Å²) in [4.78, 5) is 0. The Morgan fingerprint density at radius 1 is 1.38 bits per heavy atom. The van der Waals surface area contributed by atoms with Gasteiger partial charge in [-0.3, -0.25) is 0 Å². The van der Waals surface area contributed by atoms with E-state index < -0.39 is 11.6 Å². The topological polar surface area (TPSA) is 61.3 Å². The summed E-state index contributed by atoms with van der Waals surface area (Å²) in [6, 6.07) is 3.35. The van der Waals surface area contributed by atoms with Crippen LogP contribution in [0.15, 0.2) is 22.7 Å². The van der Waals surface area contributed by atoms with Gasteiger partial charge in [0.1, 0.15) is 17.4 Å². The minimum atomic E-state index is -0.689. The van der Waals surface area contributed by atoms with Crippen molar-refractivity contribution < 1.29 is 18.0 Å². The Morgan fingerprint density at radius 2 is 2.14 bits per heavy atom. The highest BCUT2D eigenvalue weighted by Crippen LogP contribution is 2.41. The number of anilines is 1. The van der Waals surface area contributed by atoms with Crippen molar-refractivity contribution in [3.05, 3.63) is 35.6 Å². The van der Waals surface area contributed by atoms with Crippen molar-refractivity contribution in [3.8, 4) is 11.1 Å². The zero-order chi connectivity index (χ0) is 15.0. The number of nitrogens with zero attached hydrogens (tertiary/aromatic N) is 1.